The quantitative estimate of drug-likeness (QED) is 0.524. The molecule has 5 rings (SSSR count). The highest BCUT2D eigenvalue weighted by atomic mass is 19.4. The molecular weight excluding hydrogens is 464 g/mol. The maximum atomic E-state index is 13.4. The van der Waals surface area contributed by atoms with Crippen LogP contribution in [0.2, 0.25) is 0 Å². The van der Waals surface area contributed by atoms with Gasteiger partial charge in [-0.25, -0.2) is 9.07 Å². The number of carbonyl (C=O) groups is 2. The Balaban J connectivity index is 1.28. The van der Waals surface area contributed by atoms with E-state index in [1.807, 2.05) is 0 Å². The molecule has 0 bridgehead atoms. The van der Waals surface area contributed by atoms with Gasteiger partial charge in [-0.2, -0.15) is 18.3 Å². The zero-order valence-electron chi connectivity index (χ0n) is 18.7. The van der Waals surface area contributed by atoms with Crippen LogP contribution in [0.4, 0.5) is 17.6 Å². The van der Waals surface area contributed by atoms with Crippen molar-refractivity contribution >= 4 is 11.8 Å². The summed E-state index contributed by atoms with van der Waals surface area (Å²) < 4.78 is 53.4. The van der Waals surface area contributed by atoms with E-state index in [1.54, 1.807) is 21.7 Å². The minimum atomic E-state index is -4.46. The molecule has 1 aliphatic heterocycles. The van der Waals surface area contributed by atoms with Crippen molar-refractivity contribution in [1.29, 1.82) is 0 Å². The van der Waals surface area contributed by atoms with Crippen LogP contribution < -0.4 is 0 Å². The van der Waals surface area contributed by atoms with Crippen LogP contribution >= 0.6 is 0 Å². The molecule has 0 spiro atoms. The van der Waals surface area contributed by atoms with Crippen LogP contribution in [-0.4, -0.2) is 57.6 Å². The predicted molar refractivity (Wildman–Crippen MR) is 119 cm³/mol. The summed E-state index contributed by atoms with van der Waals surface area (Å²) in [6.45, 7) is 1.13. The molecule has 0 saturated carbocycles. The molecule has 1 fully saturated rings. The SMILES string of the molecule is O=C(c1ccc(C(F)(F)F)cc1)N1CCN(C(=O)c2nn(-c3ccc(F)cc3)c3c2CCC3)CC1. The van der Waals surface area contributed by atoms with Crippen molar-refractivity contribution in [2.45, 2.75) is 25.4 Å². The van der Waals surface area contributed by atoms with E-state index in [9.17, 15) is 27.2 Å². The molecule has 0 atom stereocenters. The van der Waals surface area contributed by atoms with E-state index in [0.717, 1.165) is 42.7 Å². The van der Waals surface area contributed by atoms with Crippen LogP contribution in [0.15, 0.2) is 48.5 Å². The molecule has 6 nitrogen and oxygen atoms in total. The second-order valence-corrected chi connectivity index (χ2v) is 8.68. The first-order valence-electron chi connectivity index (χ1n) is 11.3. The number of piperazine rings is 1. The third-order valence-electron chi connectivity index (χ3n) is 6.52. The Morgan fingerprint density at radius 2 is 1.40 bits per heavy atom. The molecule has 1 saturated heterocycles. The van der Waals surface area contributed by atoms with E-state index in [2.05, 4.69) is 5.10 Å². The van der Waals surface area contributed by atoms with E-state index in [1.165, 1.54) is 29.2 Å². The molecular formula is C25H22F4N4O2. The summed E-state index contributed by atoms with van der Waals surface area (Å²) in [4.78, 5) is 29.2. The maximum absolute atomic E-state index is 13.4. The van der Waals surface area contributed by atoms with E-state index >= 15 is 0 Å². The zero-order chi connectivity index (χ0) is 24.7. The van der Waals surface area contributed by atoms with Gasteiger partial charge in [0.05, 0.1) is 11.3 Å². The van der Waals surface area contributed by atoms with Crippen molar-refractivity contribution in [2.75, 3.05) is 26.2 Å². The number of rotatable bonds is 3. The number of alkyl halides is 3. The van der Waals surface area contributed by atoms with Crippen LogP contribution in [0, 0.1) is 5.82 Å². The molecule has 0 radical (unpaired) electrons. The van der Waals surface area contributed by atoms with Crippen molar-refractivity contribution in [3.63, 3.8) is 0 Å². The fourth-order valence-corrected chi connectivity index (χ4v) is 4.65. The molecule has 10 heteroatoms. The number of fused-ring (bicyclic) bond motifs is 1. The summed E-state index contributed by atoms with van der Waals surface area (Å²) >= 11 is 0. The Morgan fingerprint density at radius 3 is 2.00 bits per heavy atom. The molecule has 0 unspecified atom stereocenters. The fraction of sp³-hybridized carbons (Fsp3) is 0.320. The number of benzene rings is 2. The molecule has 2 aromatic carbocycles. The average Bonchev–Trinajstić information content (AvgIpc) is 3.47. The van der Waals surface area contributed by atoms with Gasteiger partial charge in [0.15, 0.2) is 5.69 Å². The van der Waals surface area contributed by atoms with Gasteiger partial charge in [0, 0.05) is 43.0 Å². The first kappa shape index (κ1) is 23.1. The highest BCUT2D eigenvalue weighted by Crippen LogP contribution is 2.30. The lowest BCUT2D eigenvalue weighted by Gasteiger charge is -2.34. The molecule has 1 aromatic heterocycles. The minimum Gasteiger partial charge on any atom is -0.335 e. The molecule has 0 N–H and O–H groups in total. The van der Waals surface area contributed by atoms with Gasteiger partial charge < -0.3 is 9.80 Å². The lowest BCUT2D eigenvalue weighted by atomic mass is 10.1. The molecule has 2 heterocycles. The molecule has 35 heavy (non-hydrogen) atoms. The van der Waals surface area contributed by atoms with Crippen LogP contribution in [-0.2, 0) is 19.0 Å². The number of halogens is 4. The Hall–Kier alpha value is -3.69. The van der Waals surface area contributed by atoms with Gasteiger partial charge in [0.1, 0.15) is 5.82 Å². The summed E-state index contributed by atoms with van der Waals surface area (Å²) in [6, 6.07) is 10.1. The fourth-order valence-electron chi connectivity index (χ4n) is 4.65. The van der Waals surface area contributed by atoms with Crippen molar-refractivity contribution in [1.82, 2.24) is 19.6 Å². The number of amides is 2. The standard InChI is InChI=1S/C25H22F4N4O2/c26-18-8-10-19(11-9-18)33-21-3-1-2-20(21)22(30-33)24(35)32-14-12-31(13-15-32)23(34)16-4-6-17(7-5-16)25(27,28)29/h4-11H,1-3,12-15H2. The van der Waals surface area contributed by atoms with Gasteiger partial charge >= 0.3 is 6.18 Å². The molecule has 1 aliphatic carbocycles. The van der Waals surface area contributed by atoms with E-state index in [0.29, 0.717) is 24.5 Å². The van der Waals surface area contributed by atoms with E-state index < -0.39 is 11.7 Å². The Labute approximate surface area is 198 Å². The van der Waals surface area contributed by atoms with Crippen LogP contribution in [0.1, 0.15) is 44.1 Å². The molecule has 2 aliphatic rings. The first-order chi connectivity index (χ1) is 16.7. The normalized spacial score (nSPS) is 15.9. The number of carbonyl (C=O) groups excluding carboxylic acids is 2. The summed E-state index contributed by atoms with van der Waals surface area (Å²) in [5.74, 6) is -0.935. The maximum Gasteiger partial charge on any atom is 0.416 e. The van der Waals surface area contributed by atoms with Crippen molar-refractivity contribution in [3.8, 4) is 5.69 Å². The van der Waals surface area contributed by atoms with Crippen LogP contribution in [0.3, 0.4) is 0 Å². The summed E-state index contributed by atoms with van der Waals surface area (Å²) in [5, 5.41) is 4.57. The summed E-state index contributed by atoms with van der Waals surface area (Å²) in [6.07, 6.45) is -2.03. The lowest BCUT2D eigenvalue weighted by Crippen LogP contribution is -2.50. The van der Waals surface area contributed by atoms with Gasteiger partial charge in [-0.05, 0) is 67.8 Å². The minimum absolute atomic E-state index is 0.175. The second kappa shape index (κ2) is 8.83. The highest BCUT2D eigenvalue weighted by Gasteiger charge is 2.33. The van der Waals surface area contributed by atoms with E-state index in [4.69, 9.17) is 0 Å². The number of hydrogen-bond donors (Lipinski definition) is 0. The highest BCUT2D eigenvalue weighted by molar-refractivity contribution is 5.96. The van der Waals surface area contributed by atoms with Crippen molar-refractivity contribution < 1.29 is 27.2 Å². The molecule has 3 aromatic rings. The lowest BCUT2D eigenvalue weighted by molar-refractivity contribution is -0.137. The largest absolute Gasteiger partial charge is 0.416 e. The van der Waals surface area contributed by atoms with Crippen molar-refractivity contribution in [2.24, 2.45) is 0 Å². The summed E-state index contributed by atoms with van der Waals surface area (Å²) in [7, 11) is 0. The Morgan fingerprint density at radius 1 is 0.800 bits per heavy atom. The monoisotopic (exact) mass is 486 g/mol. The van der Waals surface area contributed by atoms with Crippen LogP contribution in [0.5, 0.6) is 0 Å². The average molecular weight is 486 g/mol. The van der Waals surface area contributed by atoms with Gasteiger partial charge in [-0.3, -0.25) is 9.59 Å². The summed E-state index contributed by atoms with van der Waals surface area (Å²) in [5.41, 5.74) is 2.30. The van der Waals surface area contributed by atoms with Gasteiger partial charge in [0.2, 0.25) is 0 Å². The molecule has 2 amide bonds. The van der Waals surface area contributed by atoms with Crippen LogP contribution in [0.25, 0.3) is 5.69 Å². The first-order valence-corrected chi connectivity index (χ1v) is 11.3. The third-order valence-corrected chi connectivity index (χ3v) is 6.52. The Kier molecular flexibility index (Phi) is 5.82. The van der Waals surface area contributed by atoms with E-state index in [-0.39, 0.29) is 36.3 Å². The second-order valence-electron chi connectivity index (χ2n) is 8.68. The number of aromatic nitrogens is 2. The Bertz CT molecular complexity index is 1260. The van der Waals surface area contributed by atoms with Gasteiger partial charge in [-0.1, -0.05) is 0 Å². The van der Waals surface area contributed by atoms with Gasteiger partial charge in [0.25, 0.3) is 11.8 Å². The predicted octanol–water partition coefficient (Wildman–Crippen LogP) is 4.12. The number of hydrogen-bond acceptors (Lipinski definition) is 3. The number of nitrogens with zero attached hydrogens (tertiary/aromatic N) is 4. The topological polar surface area (TPSA) is 58.4 Å². The van der Waals surface area contributed by atoms with Gasteiger partial charge in [-0.15, -0.1) is 0 Å². The zero-order valence-corrected chi connectivity index (χ0v) is 18.7. The smallest absolute Gasteiger partial charge is 0.335 e. The third kappa shape index (κ3) is 4.40. The molecule has 182 valence electrons. The van der Waals surface area contributed by atoms with Crippen molar-refractivity contribution in [3.05, 3.63) is 82.4 Å².